The summed E-state index contributed by atoms with van der Waals surface area (Å²) < 4.78 is 0. The van der Waals surface area contributed by atoms with Crippen LogP contribution in [0, 0.1) is 5.92 Å². The third kappa shape index (κ3) is 2.39. The number of unbranched alkanes of at least 4 members (excludes halogenated alkanes) is 1. The first kappa shape index (κ1) is 16.5. The number of fused-ring (bicyclic) bond motifs is 3. The van der Waals surface area contributed by atoms with E-state index in [1.54, 1.807) is 0 Å². The molecule has 136 valence electrons. The molecule has 0 aromatic heterocycles. The lowest BCUT2D eigenvalue weighted by Gasteiger charge is -2.33. The quantitative estimate of drug-likeness (QED) is 0.594. The molecular formula is C24H29NO. The first-order valence-corrected chi connectivity index (χ1v) is 10.5. The fourth-order valence-corrected chi connectivity index (χ4v) is 5.45. The van der Waals surface area contributed by atoms with Crippen LogP contribution in [-0.4, -0.2) is 11.3 Å². The molecule has 26 heavy (non-hydrogen) atoms. The Hall–Kier alpha value is -1.64. The number of benzene rings is 2. The Balaban J connectivity index is 1.60. The minimum absolute atomic E-state index is 0.0920. The van der Waals surface area contributed by atoms with Gasteiger partial charge in [0.05, 0.1) is 0 Å². The molecule has 2 nitrogen and oxygen atoms in total. The van der Waals surface area contributed by atoms with Crippen molar-refractivity contribution in [2.24, 2.45) is 5.92 Å². The maximum absolute atomic E-state index is 6.39. The molecule has 2 atom stereocenters. The van der Waals surface area contributed by atoms with E-state index in [1.807, 2.05) is 0 Å². The van der Waals surface area contributed by atoms with Crippen LogP contribution in [0.5, 0.6) is 0 Å². The molecule has 0 radical (unpaired) electrons. The summed E-state index contributed by atoms with van der Waals surface area (Å²) in [6.07, 6.45) is 10.7. The van der Waals surface area contributed by atoms with Crippen LogP contribution in [0.4, 0.5) is 0 Å². The van der Waals surface area contributed by atoms with Crippen molar-refractivity contribution >= 4 is 0 Å². The number of hydrogen-bond donors (Lipinski definition) is 0. The van der Waals surface area contributed by atoms with Gasteiger partial charge in [-0.2, -0.15) is 0 Å². The Morgan fingerprint density at radius 2 is 1.54 bits per heavy atom. The number of hydroxylamine groups is 2. The van der Waals surface area contributed by atoms with Crippen LogP contribution >= 0.6 is 0 Å². The van der Waals surface area contributed by atoms with E-state index in [4.69, 9.17) is 4.84 Å². The molecule has 0 N–H and O–H groups in total. The molecule has 3 aliphatic rings. The maximum atomic E-state index is 6.39. The number of rotatable bonds is 5. The van der Waals surface area contributed by atoms with Gasteiger partial charge in [-0.25, -0.2) is 0 Å². The lowest BCUT2D eigenvalue weighted by Crippen LogP contribution is -2.37. The van der Waals surface area contributed by atoms with Gasteiger partial charge in [0.15, 0.2) is 6.23 Å². The van der Waals surface area contributed by atoms with Crippen LogP contribution < -0.4 is 0 Å². The van der Waals surface area contributed by atoms with E-state index in [9.17, 15) is 0 Å². The van der Waals surface area contributed by atoms with Gasteiger partial charge in [0.2, 0.25) is 0 Å². The average Bonchev–Trinajstić information content (AvgIpc) is 3.46. The molecule has 0 amide bonds. The monoisotopic (exact) mass is 347 g/mol. The Morgan fingerprint density at radius 1 is 0.923 bits per heavy atom. The van der Waals surface area contributed by atoms with E-state index in [2.05, 4.69) is 60.5 Å². The Kier molecular flexibility index (Phi) is 4.14. The number of hydrogen-bond acceptors (Lipinski definition) is 2. The van der Waals surface area contributed by atoms with E-state index >= 15 is 0 Å². The highest BCUT2D eigenvalue weighted by Crippen LogP contribution is 2.58. The third-order valence-corrected chi connectivity index (χ3v) is 6.76. The van der Waals surface area contributed by atoms with E-state index in [-0.39, 0.29) is 5.54 Å². The molecule has 0 spiro atoms. The second kappa shape index (κ2) is 6.51. The fraction of sp³-hybridized carbons (Fsp3) is 0.500. The summed E-state index contributed by atoms with van der Waals surface area (Å²) in [5.41, 5.74) is 5.61. The van der Waals surface area contributed by atoms with Gasteiger partial charge in [-0.05, 0) is 41.5 Å². The molecule has 1 unspecified atom stereocenters. The van der Waals surface area contributed by atoms with Gasteiger partial charge in [0.25, 0.3) is 0 Å². The zero-order valence-corrected chi connectivity index (χ0v) is 15.8. The van der Waals surface area contributed by atoms with Crippen LogP contribution in [0.1, 0.15) is 69.4 Å². The number of nitrogens with zero attached hydrogens (tertiary/aromatic N) is 1. The second-order valence-electron chi connectivity index (χ2n) is 8.27. The Bertz CT molecular complexity index is 747. The lowest BCUT2D eigenvalue weighted by molar-refractivity contribution is 0.0826. The van der Waals surface area contributed by atoms with Gasteiger partial charge < -0.3 is 0 Å². The van der Waals surface area contributed by atoms with Crippen molar-refractivity contribution in [3.05, 3.63) is 59.7 Å². The molecule has 2 aromatic carbocycles. The summed E-state index contributed by atoms with van der Waals surface area (Å²) in [4.78, 5) is 6.39. The largest absolute Gasteiger partial charge is 0.274 e. The first-order valence-electron chi connectivity index (χ1n) is 10.5. The summed E-state index contributed by atoms with van der Waals surface area (Å²) in [5, 5.41) is 2.39. The summed E-state index contributed by atoms with van der Waals surface area (Å²) in [7, 11) is 0. The minimum atomic E-state index is -0.0920. The predicted octanol–water partition coefficient (Wildman–Crippen LogP) is 6.25. The highest BCUT2D eigenvalue weighted by Gasteiger charge is 2.59. The minimum Gasteiger partial charge on any atom is -0.274 e. The first-order chi connectivity index (χ1) is 12.9. The molecule has 0 bridgehead atoms. The van der Waals surface area contributed by atoms with E-state index in [0.717, 1.165) is 6.42 Å². The fourth-order valence-electron chi connectivity index (χ4n) is 5.45. The summed E-state index contributed by atoms with van der Waals surface area (Å²) >= 11 is 0. The molecule has 1 saturated carbocycles. The molecule has 1 heterocycles. The zero-order valence-electron chi connectivity index (χ0n) is 15.8. The standard InChI is InChI=1S/C24H29NO/c1-2-3-17-24(25-23(26-25)18-11-5-4-6-12-18)21-15-9-7-13-19(21)20-14-8-10-16-22(20)24/h7-10,13-16,18,23H,2-6,11-12,17H2,1H3/t23-,25?/m0/s1. The van der Waals surface area contributed by atoms with E-state index < -0.39 is 0 Å². The van der Waals surface area contributed by atoms with Crippen molar-refractivity contribution in [2.45, 2.75) is 70.1 Å². The van der Waals surface area contributed by atoms with Crippen LogP contribution in [-0.2, 0) is 10.4 Å². The molecule has 5 rings (SSSR count). The molecule has 2 aromatic rings. The molecule has 2 heteroatoms. The summed E-state index contributed by atoms with van der Waals surface area (Å²) in [6, 6.07) is 18.0. The molecule has 1 aliphatic heterocycles. The van der Waals surface area contributed by atoms with E-state index in [0.29, 0.717) is 12.1 Å². The normalized spacial score (nSPS) is 26.3. The predicted molar refractivity (Wildman–Crippen MR) is 105 cm³/mol. The highest BCUT2D eigenvalue weighted by atomic mass is 16.8. The van der Waals surface area contributed by atoms with Crippen LogP contribution in [0.2, 0.25) is 0 Å². The van der Waals surface area contributed by atoms with Gasteiger partial charge >= 0.3 is 0 Å². The SMILES string of the molecule is CCCCC1(N2O[C@H]2C2CCCCC2)c2ccccc2-c2ccccc21. The van der Waals surface area contributed by atoms with Crippen molar-refractivity contribution < 1.29 is 4.84 Å². The van der Waals surface area contributed by atoms with E-state index in [1.165, 1.54) is 67.2 Å². The van der Waals surface area contributed by atoms with Crippen LogP contribution in [0.3, 0.4) is 0 Å². The van der Waals surface area contributed by atoms with Crippen molar-refractivity contribution in [1.82, 2.24) is 5.06 Å². The molecule has 2 aliphatic carbocycles. The van der Waals surface area contributed by atoms with Gasteiger partial charge in [0.1, 0.15) is 5.54 Å². The maximum Gasteiger partial charge on any atom is 0.158 e. The lowest BCUT2D eigenvalue weighted by atomic mass is 9.81. The molecule has 1 saturated heterocycles. The van der Waals surface area contributed by atoms with Gasteiger partial charge in [-0.3, -0.25) is 4.84 Å². The van der Waals surface area contributed by atoms with Crippen LogP contribution in [0.25, 0.3) is 11.1 Å². The Labute approximate surface area is 157 Å². The van der Waals surface area contributed by atoms with Crippen molar-refractivity contribution in [3.8, 4) is 11.1 Å². The summed E-state index contributed by atoms with van der Waals surface area (Å²) in [5.74, 6) is 0.710. The highest BCUT2D eigenvalue weighted by molar-refractivity contribution is 5.80. The van der Waals surface area contributed by atoms with Gasteiger partial charge in [0, 0.05) is 5.92 Å². The third-order valence-electron chi connectivity index (χ3n) is 6.76. The second-order valence-corrected chi connectivity index (χ2v) is 8.27. The van der Waals surface area contributed by atoms with Gasteiger partial charge in [-0.1, -0.05) is 87.6 Å². The topological polar surface area (TPSA) is 15.5 Å². The van der Waals surface area contributed by atoms with Gasteiger partial charge in [-0.15, -0.1) is 5.06 Å². The smallest absolute Gasteiger partial charge is 0.158 e. The summed E-state index contributed by atoms with van der Waals surface area (Å²) in [6.45, 7) is 2.29. The zero-order chi connectivity index (χ0) is 17.6. The Morgan fingerprint density at radius 3 is 2.15 bits per heavy atom. The van der Waals surface area contributed by atoms with Crippen molar-refractivity contribution in [3.63, 3.8) is 0 Å². The average molecular weight is 348 g/mol. The van der Waals surface area contributed by atoms with Crippen LogP contribution in [0.15, 0.2) is 48.5 Å². The molecular weight excluding hydrogens is 318 g/mol. The van der Waals surface area contributed by atoms with Crippen molar-refractivity contribution in [2.75, 3.05) is 0 Å². The van der Waals surface area contributed by atoms with Crippen molar-refractivity contribution in [1.29, 1.82) is 0 Å². The molecule has 2 fully saturated rings.